The van der Waals surface area contributed by atoms with Crippen molar-refractivity contribution in [3.05, 3.63) is 42.5 Å². The van der Waals surface area contributed by atoms with E-state index in [0.29, 0.717) is 42.3 Å². The minimum atomic E-state index is -3.67. The fourth-order valence-electron chi connectivity index (χ4n) is 3.49. The first kappa shape index (κ1) is 19.5. The summed E-state index contributed by atoms with van der Waals surface area (Å²) in [6.45, 7) is 0.695. The zero-order valence-corrected chi connectivity index (χ0v) is 16.8. The van der Waals surface area contributed by atoms with E-state index >= 15 is 0 Å². The molecule has 0 bridgehead atoms. The highest BCUT2D eigenvalue weighted by atomic mass is 32.2. The minimum Gasteiger partial charge on any atom is -0.497 e. The number of amides is 1. The summed E-state index contributed by atoms with van der Waals surface area (Å²) in [5.41, 5.74) is 0.592. The van der Waals surface area contributed by atoms with Gasteiger partial charge in [0.15, 0.2) is 11.5 Å². The van der Waals surface area contributed by atoms with Crippen LogP contribution in [0.2, 0.25) is 0 Å². The van der Waals surface area contributed by atoms with Gasteiger partial charge in [-0.2, -0.15) is 4.31 Å². The van der Waals surface area contributed by atoms with Crippen LogP contribution in [0.5, 0.6) is 17.2 Å². The second-order valence-electron chi connectivity index (χ2n) is 6.94. The molecule has 4 rings (SSSR count). The molecule has 154 valence electrons. The third-order valence-electron chi connectivity index (χ3n) is 5.09. The van der Waals surface area contributed by atoms with Gasteiger partial charge in [-0.05, 0) is 49.2 Å². The number of nitrogens with zero attached hydrogens (tertiary/aromatic N) is 1. The van der Waals surface area contributed by atoms with Crippen molar-refractivity contribution in [2.75, 3.05) is 32.3 Å². The molecular formula is C20H22N2O6S. The number of fused-ring (bicyclic) bond motifs is 1. The molecule has 0 spiro atoms. The largest absolute Gasteiger partial charge is 0.497 e. The third-order valence-corrected chi connectivity index (χ3v) is 6.97. The number of anilines is 1. The fraction of sp³-hybridized carbons (Fsp3) is 0.350. The maximum absolute atomic E-state index is 13.0. The molecule has 0 radical (unpaired) electrons. The van der Waals surface area contributed by atoms with Crippen LogP contribution >= 0.6 is 0 Å². The molecule has 2 heterocycles. The molecule has 0 saturated carbocycles. The van der Waals surface area contributed by atoms with E-state index in [0.717, 1.165) is 0 Å². The highest BCUT2D eigenvalue weighted by Crippen LogP contribution is 2.34. The van der Waals surface area contributed by atoms with Crippen molar-refractivity contribution in [3.8, 4) is 17.2 Å². The Labute approximate surface area is 169 Å². The second-order valence-corrected chi connectivity index (χ2v) is 8.87. The molecule has 2 aliphatic rings. The van der Waals surface area contributed by atoms with Gasteiger partial charge in [0.05, 0.1) is 17.9 Å². The highest BCUT2D eigenvalue weighted by molar-refractivity contribution is 7.89. The lowest BCUT2D eigenvalue weighted by atomic mass is 9.98. The maximum Gasteiger partial charge on any atom is 0.243 e. The van der Waals surface area contributed by atoms with E-state index in [1.54, 1.807) is 30.3 Å². The first-order valence-corrected chi connectivity index (χ1v) is 10.8. The Morgan fingerprint density at radius 3 is 2.66 bits per heavy atom. The molecule has 1 fully saturated rings. The SMILES string of the molecule is COc1ccc(S(=O)(=O)N2CCC[C@H](C(=O)Nc3ccc4c(c3)OCO4)C2)cc1. The Balaban J connectivity index is 1.45. The number of nitrogens with one attached hydrogen (secondary N) is 1. The van der Waals surface area contributed by atoms with Gasteiger partial charge in [-0.15, -0.1) is 0 Å². The Hall–Kier alpha value is -2.78. The van der Waals surface area contributed by atoms with E-state index in [4.69, 9.17) is 14.2 Å². The summed E-state index contributed by atoms with van der Waals surface area (Å²) in [6.07, 6.45) is 1.25. The molecule has 0 unspecified atom stereocenters. The lowest BCUT2D eigenvalue weighted by Gasteiger charge is -2.31. The first-order chi connectivity index (χ1) is 14.0. The van der Waals surface area contributed by atoms with Gasteiger partial charge in [0.2, 0.25) is 22.7 Å². The average Bonchev–Trinajstić information content (AvgIpc) is 3.22. The van der Waals surface area contributed by atoms with E-state index in [9.17, 15) is 13.2 Å². The number of methoxy groups -OCH3 is 1. The molecule has 8 nitrogen and oxygen atoms in total. The van der Waals surface area contributed by atoms with Gasteiger partial charge in [0.1, 0.15) is 5.75 Å². The van der Waals surface area contributed by atoms with E-state index in [1.165, 1.54) is 23.5 Å². The molecule has 0 aromatic heterocycles. The third kappa shape index (κ3) is 4.01. The number of benzene rings is 2. The monoisotopic (exact) mass is 418 g/mol. The van der Waals surface area contributed by atoms with Crippen LogP contribution in [0.15, 0.2) is 47.4 Å². The number of piperidine rings is 1. The summed E-state index contributed by atoms with van der Waals surface area (Å²) in [5, 5.41) is 2.86. The molecule has 1 saturated heterocycles. The van der Waals surface area contributed by atoms with Gasteiger partial charge >= 0.3 is 0 Å². The molecule has 1 atom stereocenters. The summed E-state index contributed by atoms with van der Waals surface area (Å²) >= 11 is 0. The van der Waals surface area contributed by atoms with Crippen molar-refractivity contribution < 1.29 is 27.4 Å². The van der Waals surface area contributed by atoms with Gasteiger partial charge in [0.25, 0.3) is 0 Å². The lowest BCUT2D eigenvalue weighted by Crippen LogP contribution is -2.43. The summed E-state index contributed by atoms with van der Waals surface area (Å²) in [4.78, 5) is 12.9. The van der Waals surface area contributed by atoms with Gasteiger partial charge in [-0.3, -0.25) is 4.79 Å². The van der Waals surface area contributed by atoms with Crippen LogP contribution in [0.25, 0.3) is 0 Å². The minimum absolute atomic E-state index is 0.144. The van der Waals surface area contributed by atoms with Crippen molar-refractivity contribution in [2.24, 2.45) is 5.92 Å². The van der Waals surface area contributed by atoms with Crippen LogP contribution in [0, 0.1) is 5.92 Å². The number of ether oxygens (including phenoxy) is 3. The van der Waals surface area contributed by atoms with Crippen LogP contribution < -0.4 is 19.5 Å². The van der Waals surface area contributed by atoms with Crippen molar-refractivity contribution in [1.82, 2.24) is 4.31 Å². The van der Waals surface area contributed by atoms with Crippen LogP contribution in [0.3, 0.4) is 0 Å². The molecule has 2 aromatic rings. The summed E-state index contributed by atoms with van der Waals surface area (Å²) in [5.74, 6) is 1.16. The van der Waals surface area contributed by atoms with Gasteiger partial charge in [0, 0.05) is 24.8 Å². The molecule has 0 aliphatic carbocycles. The summed E-state index contributed by atoms with van der Waals surface area (Å²) < 4.78 is 43.0. The maximum atomic E-state index is 13.0. The quantitative estimate of drug-likeness (QED) is 0.802. The Morgan fingerprint density at radius 2 is 1.90 bits per heavy atom. The fourth-order valence-corrected chi connectivity index (χ4v) is 5.01. The number of hydrogen-bond donors (Lipinski definition) is 1. The van der Waals surface area contributed by atoms with E-state index in [1.807, 2.05) is 0 Å². The number of sulfonamides is 1. The number of hydrogen-bond acceptors (Lipinski definition) is 6. The predicted molar refractivity (Wildman–Crippen MR) is 106 cm³/mol. The van der Waals surface area contributed by atoms with Crippen molar-refractivity contribution in [2.45, 2.75) is 17.7 Å². The summed E-state index contributed by atoms with van der Waals surface area (Å²) in [7, 11) is -2.15. The molecule has 2 aliphatic heterocycles. The van der Waals surface area contributed by atoms with Crippen LogP contribution in [-0.2, 0) is 14.8 Å². The predicted octanol–water partition coefficient (Wildman–Crippen LogP) is 2.46. The molecular weight excluding hydrogens is 396 g/mol. The molecule has 29 heavy (non-hydrogen) atoms. The van der Waals surface area contributed by atoms with Crippen LogP contribution in [0.1, 0.15) is 12.8 Å². The molecule has 1 N–H and O–H groups in total. The highest BCUT2D eigenvalue weighted by Gasteiger charge is 2.33. The zero-order chi connectivity index (χ0) is 20.4. The smallest absolute Gasteiger partial charge is 0.243 e. The van der Waals surface area contributed by atoms with Crippen LogP contribution in [-0.4, -0.2) is 45.6 Å². The van der Waals surface area contributed by atoms with Crippen LogP contribution in [0.4, 0.5) is 5.69 Å². The molecule has 1 amide bonds. The van der Waals surface area contributed by atoms with Gasteiger partial charge < -0.3 is 19.5 Å². The van der Waals surface area contributed by atoms with E-state index < -0.39 is 15.9 Å². The van der Waals surface area contributed by atoms with Crippen molar-refractivity contribution in [3.63, 3.8) is 0 Å². The number of rotatable bonds is 5. The van der Waals surface area contributed by atoms with Crippen molar-refractivity contribution >= 4 is 21.6 Å². The Bertz CT molecular complexity index is 1010. The normalized spacial score (nSPS) is 19.0. The Morgan fingerprint density at radius 1 is 1.14 bits per heavy atom. The summed E-state index contributed by atoms with van der Waals surface area (Å²) in [6, 6.07) is 11.4. The molecule has 9 heteroatoms. The Kier molecular flexibility index (Phi) is 5.33. The molecule has 2 aromatic carbocycles. The van der Waals surface area contributed by atoms with E-state index in [-0.39, 0.29) is 24.1 Å². The zero-order valence-electron chi connectivity index (χ0n) is 16.0. The number of carbonyl (C=O) groups excluding carboxylic acids is 1. The van der Waals surface area contributed by atoms with Gasteiger partial charge in [-0.1, -0.05) is 0 Å². The first-order valence-electron chi connectivity index (χ1n) is 9.32. The lowest BCUT2D eigenvalue weighted by molar-refractivity contribution is -0.120. The topological polar surface area (TPSA) is 94.2 Å². The average molecular weight is 418 g/mol. The standard InChI is InChI=1S/C20H22N2O6S/c1-26-16-5-7-17(8-6-16)29(24,25)22-10-2-3-14(12-22)20(23)21-15-4-9-18-19(11-15)28-13-27-18/h4-9,11,14H,2-3,10,12-13H2,1H3,(H,21,23)/t14-/m0/s1. The van der Waals surface area contributed by atoms with Crippen molar-refractivity contribution in [1.29, 1.82) is 0 Å². The van der Waals surface area contributed by atoms with Gasteiger partial charge in [-0.25, -0.2) is 8.42 Å². The number of carbonyl (C=O) groups is 1. The van der Waals surface area contributed by atoms with E-state index in [2.05, 4.69) is 5.32 Å². The second kappa shape index (κ2) is 7.92.